The molecular weight excluding hydrogens is 246 g/mol. The largest absolute Gasteiger partial charge is 0.243 e. The maximum absolute atomic E-state index is 12.6. The fraction of sp³-hybridized carbons (Fsp3) is 0.571. The number of nitrogens with zero attached hydrogens (tertiary/aromatic N) is 1. The van der Waals surface area contributed by atoms with Gasteiger partial charge in [0.05, 0.1) is 10.4 Å². The van der Waals surface area contributed by atoms with Gasteiger partial charge in [-0.15, -0.1) is 0 Å². The van der Waals surface area contributed by atoms with Gasteiger partial charge in [0.2, 0.25) is 10.0 Å². The maximum Gasteiger partial charge on any atom is 0.243 e. The van der Waals surface area contributed by atoms with E-state index in [9.17, 15) is 8.42 Å². The molecule has 4 heteroatoms. The molecule has 1 heterocycles. The molecule has 2 aliphatic rings. The fourth-order valence-electron chi connectivity index (χ4n) is 3.26. The molecule has 3 atom stereocenters. The Labute approximate surface area is 109 Å². The topological polar surface area (TPSA) is 37.1 Å². The summed E-state index contributed by atoms with van der Waals surface area (Å²) >= 11 is 0. The van der Waals surface area contributed by atoms with E-state index >= 15 is 0 Å². The Morgan fingerprint density at radius 2 is 1.89 bits per heavy atom. The van der Waals surface area contributed by atoms with Crippen LogP contribution in [0.4, 0.5) is 0 Å². The van der Waals surface area contributed by atoms with E-state index in [4.69, 9.17) is 0 Å². The van der Waals surface area contributed by atoms with Gasteiger partial charge < -0.3 is 0 Å². The van der Waals surface area contributed by atoms with Crippen LogP contribution < -0.4 is 0 Å². The SMILES string of the molecule is Cc1ccc(S(=O)(=O)N2C3CCCCC32C)cc1. The van der Waals surface area contributed by atoms with Crippen molar-refractivity contribution in [3.05, 3.63) is 29.8 Å². The molecule has 1 aromatic carbocycles. The van der Waals surface area contributed by atoms with Gasteiger partial charge in [0.25, 0.3) is 0 Å². The van der Waals surface area contributed by atoms with Crippen molar-refractivity contribution in [2.24, 2.45) is 0 Å². The highest BCUT2D eigenvalue weighted by Gasteiger charge is 2.65. The molecule has 3 rings (SSSR count). The molecule has 0 N–H and O–H groups in total. The Balaban J connectivity index is 1.95. The highest BCUT2D eigenvalue weighted by Crippen LogP contribution is 2.53. The molecule has 1 aromatic rings. The summed E-state index contributed by atoms with van der Waals surface area (Å²) in [5, 5.41) is 0. The zero-order chi connectivity index (χ0) is 13.0. The molecule has 0 radical (unpaired) electrons. The normalized spacial score (nSPS) is 35.0. The Morgan fingerprint density at radius 1 is 1.22 bits per heavy atom. The summed E-state index contributed by atoms with van der Waals surface area (Å²) in [5.41, 5.74) is 0.977. The standard InChI is InChI=1S/C14H19NO2S/c1-11-6-8-12(9-7-11)18(16,17)15-13-5-3-4-10-14(13,15)2/h6-9,13H,3-5,10H2,1-2H3. The first-order chi connectivity index (χ1) is 8.46. The molecule has 3 unspecified atom stereocenters. The lowest BCUT2D eigenvalue weighted by Crippen LogP contribution is -2.21. The smallest absolute Gasteiger partial charge is 0.207 e. The van der Waals surface area contributed by atoms with Crippen LogP contribution in [0.25, 0.3) is 0 Å². The van der Waals surface area contributed by atoms with Gasteiger partial charge in [0.1, 0.15) is 0 Å². The summed E-state index contributed by atoms with van der Waals surface area (Å²) in [5.74, 6) is 0. The van der Waals surface area contributed by atoms with Crippen LogP contribution in [-0.2, 0) is 10.0 Å². The van der Waals surface area contributed by atoms with Crippen molar-refractivity contribution in [1.82, 2.24) is 4.31 Å². The van der Waals surface area contributed by atoms with Crippen molar-refractivity contribution >= 4 is 10.0 Å². The predicted octanol–water partition coefficient (Wildman–Crippen LogP) is 2.70. The molecule has 1 aliphatic heterocycles. The van der Waals surface area contributed by atoms with E-state index in [1.165, 1.54) is 0 Å². The van der Waals surface area contributed by atoms with Gasteiger partial charge >= 0.3 is 0 Å². The van der Waals surface area contributed by atoms with E-state index in [1.54, 1.807) is 16.4 Å². The van der Waals surface area contributed by atoms with E-state index < -0.39 is 10.0 Å². The van der Waals surface area contributed by atoms with Gasteiger partial charge in [-0.1, -0.05) is 30.5 Å². The average molecular weight is 265 g/mol. The first-order valence-corrected chi connectivity index (χ1v) is 8.01. The Bertz CT molecular complexity index is 564. The van der Waals surface area contributed by atoms with Crippen LogP contribution in [0.3, 0.4) is 0 Å². The third kappa shape index (κ3) is 1.62. The average Bonchev–Trinajstić information content (AvgIpc) is 2.96. The van der Waals surface area contributed by atoms with Crippen molar-refractivity contribution in [2.45, 2.75) is 56.0 Å². The van der Waals surface area contributed by atoms with Crippen molar-refractivity contribution in [3.63, 3.8) is 0 Å². The number of fused-ring (bicyclic) bond motifs is 1. The van der Waals surface area contributed by atoms with Crippen molar-refractivity contribution in [1.29, 1.82) is 0 Å². The number of hydrogen-bond donors (Lipinski definition) is 0. The zero-order valence-corrected chi connectivity index (χ0v) is 11.7. The first kappa shape index (κ1) is 12.2. The van der Waals surface area contributed by atoms with E-state index in [2.05, 4.69) is 6.92 Å². The zero-order valence-electron chi connectivity index (χ0n) is 10.9. The summed E-state index contributed by atoms with van der Waals surface area (Å²) in [4.78, 5) is 0.434. The highest BCUT2D eigenvalue weighted by atomic mass is 32.2. The molecule has 0 amide bonds. The van der Waals surface area contributed by atoms with E-state index in [-0.39, 0.29) is 11.6 Å². The molecule has 2 fully saturated rings. The molecule has 1 saturated heterocycles. The van der Waals surface area contributed by atoms with Gasteiger partial charge in [-0.25, -0.2) is 8.42 Å². The molecule has 98 valence electrons. The van der Waals surface area contributed by atoms with Crippen LogP contribution in [0.15, 0.2) is 29.2 Å². The molecule has 1 saturated carbocycles. The van der Waals surface area contributed by atoms with Crippen LogP contribution in [0.1, 0.15) is 38.2 Å². The van der Waals surface area contributed by atoms with Crippen molar-refractivity contribution < 1.29 is 8.42 Å². The molecule has 0 spiro atoms. The molecule has 3 nitrogen and oxygen atoms in total. The second kappa shape index (κ2) is 3.81. The Morgan fingerprint density at radius 3 is 2.44 bits per heavy atom. The van der Waals surface area contributed by atoms with E-state index in [0.29, 0.717) is 4.90 Å². The van der Waals surface area contributed by atoms with Gasteiger partial charge in [-0.3, -0.25) is 0 Å². The minimum Gasteiger partial charge on any atom is -0.207 e. The van der Waals surface area contributed by atoms with Gasteiger partial charge in [0.15, 0.2) is 0 Å². The number of benzene rings is 1. The molecule has 0 aromatic heterocycles. The summed E-state index contributed by atoms with van der Waals surface area (Å²) < 4.78 is 26.9. The van der Waals surface area contributed by atoms with Gasteiger partial charge in [-0.2, -0.15) is 4.31 Å². The third-order valence-corrected chi connectivity index (χ3v) is 6.48. The lowest BCUT2D eigenvalue weighted by atomic mass is 9.91. The summed E-state index contributed by atoms with van der Waals surface area (Å²) in [6.07, 6.45) is 4.32. The monoisotopic (exact) mass is 265 g/mol. The van der Waals surface area contributed by atoms with Crippen LogP contribution in [0.2, 0.25) is 0 Å². The van der Waals surface area contributed by atoms with Gasteiger partial charge in [0, 0.05) is 6.04 Å². The Hall–Kier alpha value is -0.870. The first-order valence-electron chi connectivity index (χ1n) is 6.57. The van der Waals surface area contributed by atoms with E-state index in [1.807, 2.05) is 19.1 Å². The molecule has 1 aliphatic carbocycles. The van der Waals surface area contributed by atoms with Crippen LogP contribution in [0.5, 0.6) is 0 Å². The van der Waals surface area contributed by atoms with Gasteiger partial charge in [-0.05, 0) is 38.8 Å². The van der Waals surface area contributed by atoms with Crippen LogP contribution >= 0.6 is 0 Å². The van der Waals surface area contributed by atoms with Crippen molar-refractivity contribution in [3.8, 4) is 0 Å². The molecule has 18 heavy (non-hydrogen) atoms. The number of aryl methyl sites for hydroxylation is 1. The lowest BCUT2D eigenvalue weighted by Gasteiger charge is -2.14. The predicted molar refractivity (Wildman–Crippen MR) is 70.9 cm³/mol. The third-order valence-electron chi connectivity index (χ3n) is 4.42. The van der Waals surface area contributed by atoms with E-state index in [0.717, 1.165) is 31.2 Å². The molecular formula is C14H19NO2S. The quantitative estimate of drug-likeness (QED) is 0.771. The summed E-state index contributed by atoms with van der Waals surface area (Å²) in [7, 11) is -3.29. The summed E-state index contributed by atoms with van der Waals surface area (Å²) in [6, 6.07) is 7.40. The second-order valence-electron chi connectivity index (χ2n) is 5.73. The second-order valence-corrected chi connectivity index (χ2v) is 7.55. The highest BCUT2D eigenvalue weighted by molar-refractivity contribution is 7.89. The maximum atomic E-state index is 12.6. The van der Waals surface area contributed by atoms with Crippen LogP contribution in [0, 0.1) is 6.92 Å². The van der Waals surface area contributed by atoms with Crippen molar-refractivity contribution in [2.75, 3.05) is 0 Å². The number of sulfonamides is 1. The fourth-order valence-corrected chi connectivity index (χ4v) is 5.35. The Kier molecular flexibility index (Phi) is 2.58. The minimum atomic E-state index is -3.29. The number of rotatable bonds is 2. The number of hydrogen-bond acceptors (Lipinski definition) is 2. The van der Waals surface area contributed by atoms with Crippen LogP contribution in [-0.4, -0.2) is 24.3 Å². The minimum absolute atomic E-state index is 0.109. The molecule has 0 bridgehead atoms. The summed E-state index contributed by atoms with van der Waals surface area (Å²) in [6.45, 7) is 4.05. The lowest BCUT2D eigenvalue weighted by molar-refractivity contribution is 0.461.